The van der Waals surface area contributed by atoms with Gasteiger partial charge in [0.15, 0.2) is 0 Å². The van der Waals surface area contributed by atoms with Crippen LogP contribution < -0.4 is 19.5 Å². The Bertz CT molecular complexity index is 604. The molecule has 0 unspecified atom stereocenters. The Balaban J connectivity index is 2.23. The number of H-pyrrole nitrogens is 1. The number of nitrogens with one attached hydrogen (secondary N) is 2. The fourth-order valence-electron chi connectivity index (χ4n) is 1.74. The van der Waals surface area contributed by atoms with Crippen LogP contribution >= 0.6 is 0 Å². The van der Waals surface area contributed by atoms with Crippen molar-refractivity contribution in [3.05, 3.63) is 23.8 Å². The maximum Gasteiger partial charge on any atom is 0.337 e. The lowest BCUT2D eigenvalue weighted by Gasteiger charge is -2.11. The average Bonchev–Trinajstić information content (AvgIpc) is 2.93. The summed E-state index contributed by atoms with van der Waals surface area (Å²) in [5, 5.41) is 8.95. The van der Waals surface area contributed by atoms with Crippen molar-refractivity contribution in [3.63, 3.8) is 0 Å². The zero-order valence-electron chi connectivity index (χ0n) is 12.0. The van der Waals surface area contributed by atoms with Crippen molar-refractivity contribution in [2.75, 3.05) is 26.1 Å². The minimum atomic E-state index is -0.427. The number of aromatic nitrogens is 3. The van der Waals surface area contributed by atoms with Gasteiger partial charge in [0.2, 0.25) is 5.95 Å². The molecule has 0 bridgehead atoms. The highest BCUT2D eigenvalue weighted by Crippen LogP contribution is 2.28. The molecule has 8 nitrogen and oxygen atoms in total. The molecule has 0 spiro atoms. The lowest BCUT2D eigenvalue weighted by Crippen LogP contribution is -2.15. The monoisotopic (exact) mass is 292 g/mol. The molecule has 0 saturated heterocycles. The first-order chi connectivity index (χ1) is 10.2. The van der Waals surface area contributed by atoms with E-state index in [-0.39, 0.29) is 17.5 Å². The molecule has 8 heteroatoms. The summed E-state index contributed by atoms with van der Waals surface area (Å²) in [6, 6.07) is 5.24. The summed E-state index contributed by atoms with van der Waals surface area (Å²) in [6.45, 7) is 2.25. The fourth-order valence-corrected chi connectivity index (χ4v) is 1.74. The summed E-state index contributed by atoms with van der Waals surface area (Å²) >= 11 is 0. The topological polar surface area (TPSA) is 98.4 Å². The largest absolute Gasteiger partial charge is 0.496 e. The molecule has 0 aliphatic rings. The van der Waals surface area contributed by atoms with Crippen LogP contribution in [0, 0.1) is 0 Å². The zero-order valence-corrected chi connectivity index (χ0v) is 12.0. The first kappa shape index (κ1) is 14.6. The van der Waals surface area contributed by atoms with E-state index in [1.807, 2.05) is 6.92 Å². The number of carbonyl (C=O) groups is 1. The van der Waals surface area contributed by atoms with Gasteiger partial charge < -0.3 is 14.2 Å². The molecule has 0 saturated carbocycles. The predicted molar refractivity (Wildman–Crippen MR) is 75.1 cm³/mol. The first-order valence-electron chi connectivity index (χ1n) is 6.27. The van der Waals surface area contributed by atoms with Gasteiger partial charge in [-0.2, -0.15) is 4.98 Å². The molecular formula is C13H16N4O4. The highest BCUT2D eigenvalue weighted by Gasteiger charge is 2.19. The summed E-state index contributed by atoms with van der Waals surface area (Å²) < 4.78 is 15.5. The highest BCUT2D eigenvalue weighted by atomic mass is 16.5. The zero-order chi connectivity index (χ0) is 15.2. The van der Waals surface area contributed by atoms with Crippen LogP contribution in [0.25, 0.3) is 0 Å². The smallest absolute Gasteiger partial charge is 0.337 e. The van der Waals surface area contributed by atoms with Crippen LogP contribution in [0.15, 0.2) is 18.2 Å². The maximum atomic E-state index is 12.3. The van der Waals surface area contributed by atoms with E-state index in [0.29, 0.717) is 18.1 Å². The Morgan fingerprint density at radius 3 is 2.52 bits per heavy atom. The maximum absolute atomic E-state index is 12.3. The Morgan fingerprint density at radius 2 is 1.95 bits per heavy atom. The van der Waals surface area contributed by atoms with Crippen LogP contribution in [0.3, 0.4) is 0 Å². The Morgan fingerprint density at radius 1 is 1.29 bits per heavy atom. The molecule has 1 aromatic heterocycles. The molecule has 112 valence electrons. The molecule has 2 N–H and O–H groups in total. The van der Waals surface area contributed by atoms with E-state index in [0.717, 1.165) is 0 Å². The number of benzene rings is 1. The van der Waals surface area contributed by atoms with Crippen molar-refractivity contribution in [2.24, 2.45) is 0 Å². The molecule has 1 aromatic carbocycles. The summed E-state index contributed by atoms with van der Waals surface area (Å²) in [6.07, 6.45) is 0. The Kier molecular flexibility index (Phi) is 4.60. The van der Waals surface area contributed by atoms with Crippen LogP contribution in [0.2, 0.25) is 0 Å². The minimum Gasteiger partial charge on any atom is -0.496 e. The number of anilines is 1. The van der Waals surface area contributed by atoms with E-state index >= 15 is 0 Å². The number of hydrogen-bond acceptors (Lipinski definition) is 6. The Hall–Kier alpha value is -2.77. The highest BCUT2D eigenvalue weighted by molar-refractivity contribution is 6.07. The SMILES string of the molecule is CCOc1n[nH]c(NC(=O)c2c(OC)cccc2OC)n1. The van der Waals surface area contributed by atoms with E-state index < -0.39 is 5.91 Å². The van der Waals surface area contributed by atoms with Crippen LogP contribution in [0.1, 0.15) is 17.3 Å². The van der Waals surface area contributed by atoms with Gasteiger partial charge in [-0.15, -0.1) is 5.10 Å². The van der Waals surface area contributed by atoms with E-state index in [9.17, 15) is 4.79 Å². The second kappa shape index (κ2) is 6.60. The third kappa shape index (κ3) is 3.22. The Labute approximate surface area is 121 Å². The predicted octanol–water partition coefficient (Wildman–Crippen LogP) is 1.47. The van der Waals surface area contributed by atoms with Gasteiger partial charge in [-0.05, 0) is 19.1 Å². The molecule has 2 aromatic rings. The molecule has 1 amide bonds. The number of aromatic amines is 1. The first-order valence-corrected chi connectivity index (χ1v) is 6.27. The lowest BCUT2D eigenvalue weighted by atomic mass is 10.1. The third-order valence-corrected chi connectivity index (χ3v) is 2.63. The number of amides is 1. The summed E-state index contributed by atoms with van der Waals surface area (Å²) in [7, 11) is 2.96. The second-order valence-corrected chi connectivity index (χ2v) is 3.89. The van der Waals surface area contributed by atoms with Crippen molar-refractivity contribution in [1.29, 1.82) is 0 Å². The van der Waals surface area contributed by atoms with Crippen LogP contribution in [-0.4, -0.2) is 41.9 Å². The van der Waals surface area contributed by atoms with Crippen LogP contribution in [0.5, 0.6) is 17.5 Å². The van der Waals surface area contributed by atoms with Crippen molar-refractivity contribution >= 4 is 11.9 Å². The quantitative estimate of drug-likeness (QED) is 0.836. The molecule has 0 radical (unpaired) electrons. The van der Waals surface area contributed by atoms with E-state index in [4.69, 9.17) is 14.2 Å². The van der Waals surface area contributed by atoms with Crippen molar-refractivity contribution in [1.82, 2.24) is 15.2 Å². The summed E-state index contributed by atoms with van der Waals surface area (Å²) in [5.41, 5.74) is 0.275. The van der Waals surface area contributed by atoms with Crippen LogP contribution in [-0.2, 0) is 0 Å². The second-order valence-electron chi connectivity index (χ2n) is 3.89. The number of rotatable bonds is 6. The number of hydrogen-bond donors (Lipinski definition) is 2. The molecular weight excluding hydrogens is 276 g/mol. The lowest BCUT2D eigenvalue weighted by molar-refractivity contribution is 0.102. The van der Waals surface area contributed by atoms with Gasteiger partial charge in [-0.1, -0.05) is 6.07 Å². The molecule has 2 rings (SSSR count). The van der Waals surface area contributed by atoms with Gasteiger partial charge >= 0.3 is 6.01 Å². The van der Waals surface area contributed by atoms with E-state index in [2.05, 4.69) is 20.5 Å². The number of ether oxygens (including phenoxy) is 3. The van der Waals surface area contributed by atoms with E-state index in [1.54, 1.807) is 18.2 Å². The van der Waals surface area contributed by atoms with Gasteiger partial charge in [0.25, 0.3) is 5.91 Å². The number of methoxy groups -OCH3 is 2. The normalized spacial score (nSPS) is 10.0. The average molecular weight is 292 g/mol. The number of carbonyl (C=O) groups excluding carboxylic acids is 1. The van der Waals surface area contributed by atoms with Gasteiger partial charge in [-0.25, -0.2) is 5.10 Å². The van der Waals surface area contributed by atoms with E-state index in [1.165, 1.54) is 14.2 Å². The summed E-state index contributed by atoms with van der Waals surface area (Å²) in [4.78, 5) is 16.3. The van der Waals surface area contributed by atoms with Crippen LogP contribution in [0.4, 0.5) is 5.95 Å². The molecule has 1 heterocycles. The molecule has 0 atom stereocenters. The molecule has 0 aliphatic heterocycles. The standard InChI is InChI=1S/C13H16N4O4/c1-4-21-13-15-12(16-17-13)14-11(18)10-8(19-2)6-5-7-9(10)20-3/h5-7H,4H2,1-3H3,(H2,14,15,16,17,18). The van der Waals surface area contributed by atoms with Gasteiger partial charge in [-0.3, -0.25) is 10.1 Å². The van der Waals surface area contributed by atoms with Crippen molar-refractivity contribution < 1.29 is 19.0 Å². The summed E-state index contributed by atoms with van der Waals surface area (Å²) in [5.74, 6) is 0.549. The molecule has 0 fully saturated rings. The molecule has 0 aliphatic carbocycles. The minimum absolute atomic E-state index is 0.166. The van der Waals surface area contributed by atoms with Crippen molar-refractivity contribution in [2.45, 2.75) is 6.92 Å². The number of nitrogens with zero attached hydrogens (tertiary/aromatic N) is 2. The van der Waals surface area contributed by atoms with Gasteiger partial charge in [0.05, 0.1) is 20.8 Å². The van der Waals surface area contributed by atoms with Crippen molar-refractivity contribution in [3.8, 4) is 17.5 Å². The van der Waals surface area contributed by atoms with Gasteiger partial charge in [0, 0.05) is 0 Å². The fraction of sp³-hybridized carbons (Fsp3) is 0.308. The van der Waals surface area contributed by atoms with Gasteiger partial charge in [0.1, 0.15) is 17.1 Å². The molecule has 21 heavy (non-hydrogen) atoms. The third-order valence-electron chi connectivity index (χ3n) is 2.63.